The summed E-state index contributed by atoms with van der Waals surface area (Å²) in [4.78, 5) is 9.76. The molecular weight excluding hydrogens is 261 g/mol. The van der Waals surface area contributed by atoms with Crippen molar-refractivity contribution in [3.63, 3.8) is 0 Å². The highest BCUT2D eigenvalue weighted by atomic mass is 35.5. The number of halogens is 4. The van der Waals surface area contributed by atoms with E-state index in [-0.39, 0.29) is 16.3 Å². The molecule has 0 heterocycles. The van der Waals surface area contributed by atoms with Gasteiger partial charge in [0.2, 0.25) is 0 Å². The average molecular weight is 269 g/mol. The summed E-state index contributed by atoms with van der Waals surface area (Å²) in [6.45, 7) is 0. The first-order valence-electron chi connectivity index (χ1n) is 4.46. The minimum absolute atomic E-state index is 0.0125. The van der Waals surface area contributed by atoms with Gasteiger partial charge in [0, 0.05) is 23.2 Å². The Bertz CT molecular complexity index is 437. The number of nitro benzene ring substituents is 1. The molecule has 0 saturated heterocycles. The van der Waals surface area contributed by atoms with E-state index in [4.69, 9.17) is 17.3 Å². The van der Waals surface area contributed by atoms with E-state index in [1.165, 1.54) is 6.07 Å². The number of hydrogen-bond acceptors (Lipinski definition) is 3. The van der Waals surface area contributed by atoms with Crippen LogP contribution in [0.25, 0.3) is 0 Å². The molecule has 1 unspecified atom stereocenters. The van der Waals surface area contributed by atoms with E-state index in [1.54, 1.807) is 0 Å². The zero-order valence-corrected chi connectivity index (χ0v) is 9.13. The number of nitro groups is 1. The molecular formula is C9H8ClF3N2O2. The van der Waals surface area contributed by atoms with Gasteiger partial charge in [0.25, 0.3) is 5.69 Å². The van der Waals surface area contributed by atoms with Crippen molar-refractivity contribution in [1.82, 2.24) is 0 Å². The van der Waals surface area contributed by atoms with Crippen LogP contribution < -0.4 is 5.73 Å². The number of rotatable bonds is 3. The molecule has 17 heavy (non-hydrogen) atoms. The second kappa shape index (κ2) is 4.89. The molecule has 0 aliphatic rings. The zero-order valence-electron chi connectivity index (χ0n) is 8.37. The molecule has 0 fully saturated rings. The molecule has 1 aromatic carbocycles. The van der Waals surface area contributed by atoms with Crippen LogP contribution in [0.3, 0.4) is 0 Å². The smallest absolute Gasteiger partial charge is 0.324 e. The Balaban J connectivity index is 3.01. The van der Waals surface area contributed by atoms with Gasteiger partial charge in [0.1, 0.15) is 0 Å². The van der Waals surface area contributed by atoms with Crippen molar-refractivity contribution in [2.45, 2.75) is 18.6 Å². The minimum Gasteiger partial charge on any atom is -0.324 e. The monoisotopic (exact) mass is 268 g/mol. The van der Waals surface area contributed by atoms with Crippen molar-refractivity contribution >= 4 is 17.3 Å². The molecule has 0 bridgehead atoms. The largest absolute Gasteiger partial charge is 0.390 e. The molecule has 0 saturated carbocycles. The maximum atomic E-state index is 12.1. The molecule has 0 aromatic heterocycles. The highest BCUT2D eigenvalue weighted by Gasteiger charge is 2.31. The van der Waals surface area contributed by atoms with Crippen LogP contribution >= 0.6 is 11.6 Å². The number of nitrogens with zero attached hydrogens (tertiary/aromatic N) is 1. The molecule has 0 aliphatic heterocycles. The summed E-state index contributed by atoms with van der Waals surface area (Å²) < 4.78 is 36.3. The van der Waals surface area contributed by atoms with Gasteiger partial charge >= 0.3 is 6.18 Å². The van der Waals surface area contributed by atoms with E-state index in [9.17, 15) is 23.3 Å². The Morgan fingerprint density at radius 2 is 2.00 bits per heavy atom. The number of alkyl halides is 3. The van der Waals surface area contributed by atoms with Crippen LogP contribution in [0.1, 0.15) is 18.0 Å². The number of nitrogens with two attached hydrogens (primary N) is 1. The topological polar surface area (TPSA) is 69.2 Å². The van der Waals surface area contributed by atoms with Crippen LogP contribution in [0.15, 0.2) is 18.2 Å². The third-order valence-corrected chi connectivity index (χ3v) is 2.21. The summed E-state index contributed by atoms with van der Waals surface area (Å²) in [7, 11) is 0. The summed E-state index contributed by atoms with van der Waals surface area (Å²) in [6, 6.07) is 1.85. The molecule has 0 aliphatic carbocycles. The number of non-ortho nitro benzene ring substituents is 1. The van der Waals surface area contributed by atoms with E-state index >= 15 is 0 Å². The molecule has 4 nitrogen and oxygen atoms in total. The molecule has 94 valence electrons. The SMILES string of the molecule is NC(CC(F)(F)F)c1cc(Cl)cc([N+](=O)[O-])c1. The highest BCUT2D eigenvalue weighted by molar-refractivity contribution is 6.30. The maximum Gasteiger partial charge on any atom is 0.390 e. The van der Waals surface area contributed by atoms with E-state index in [2.05, 4.69) is 0 Å². The van der Waals surface area contributed by atoms with Gasteiger partial charge < -0.3 is 5.73 Å². The average Bonchev–Trinajstić information content (AvgIpc) is 2.13. The minimum atomic E-state index is -4.43. The number of benzene rings is 1. The van der Waals surface area contributed by atoms with Crippen molar-refractivity contribution in [3.05, 3.63) is 38.9 Å². The Hall–Kier alpha value is -1.34. The summed E-state index contributed by atoms with van der Waals surface area (Å²) in [5.41, 5.74) is 4.92. The van der Waals surface area contributed by atoms with Crippen molar-refractivity contribution in [3.8, 4) is 0 Å². The summed E-state index contributed by atoms with van der Waals surface area (Å²) in [5, 5.41) is 10.5. The first-order chi connectivity index (χ1) is 7.69. The van der Waals surface area contributed by atoms with Crippen LogP contribution in [0.2, 0.25) is 5.02 Å². The van der Waals surface area contributed by atoms with Gasteiger partial charge in [0.05, 0.1) is 11.3 Å². The van der Waals surface area contributed by atoms with Gasteiger partial charge in [-0.3, -0.25) is 10.1 Å². The molecule has 8 heteroatoms. The second-order valence-corrected chi connectivity index (χ2v) is 3.86. The lowest BCUT2D eigenvalue weighted by Crippen LogP contribution is -2.20. The first kappa shape index (κ1) is 13.7. The van der Waals surface area contributed by atoms with E-state index in [0.29, 0.717) is 0 Å². The van der Waals surface area contributed by atoms with E-state index in [1.807, 2.05) is 0 Å². The fourth-order valence-corrected chi connectivity index (χ4v) is 1.52. The van der Waals surface area contributed by atoms with Crippen molar-refractivity contribution in [2.24, 2.45) is 5.73 Å². The van der Waals surface area contributed by atoms with Gasteiger partial charge in [0.15, 0.2) is 0 Å². The van der Waals surface area contributed by atoms with Crippen molar-refractivity contribution in [2.75, 3.05) is 0 Å². The Kier molecular flexibility index (Phi) is 3.94. The predicted octanol–water partition coefficient (Wildman–Crippen LogP) is 3.20. The molecule has 1 rings (SSSR count). The fourth-order valence-electron chi connectivity index (χ4n) is 1.28. The molecule has 0 radical (unpaired) electrons. The van der Waals surface area contributed by atoms with Gasteiger partial charge in [-0.25, -0.2) is 0 Å². The van der Waals surface area contributed by atoms with Crippen LogP contribution in [-0.4, -0.2) is 11.1 Å². The number of hydrogen-bond donors (Lipinski definition) is 1. The van der Waals surface area contributed by atoms with E-state index in [0.717, 1.165) is 12.1 Å². The lowest BCUT2D eigenvalue weighted by molar-refractivity contribution is -0.384. The predicted molar refractivity (Wildman–Crippen MR) is 55.7 cm³/mol. The maximum absolute atomic E-state index is 12.1. The van der Waals surface area contributed by atoms with Crippen LogP contribution in [-0.2, 0) is 0 Å². The third kappa shape index (κ3) is 4.20. The normalized spacial score (nSPS) is 13.5. The Morgan fingerprint density at radius 3 is 2.47 bits per heavy atom. The standard InChI is InChI=1S/C9H8ClF3N2O2/c10-6-1-5(2-7(3-6)15(16)17)8(14)4-9(11,12)13/h1-3,8H,4,14H2. The van der Waals surface area contributed by atoms with Crippen LogP contribution in [0.5, 0.6) is 0 Å². The molecule has 0 spiro atoms. The Labute approximate surface area is 99.3 Å². The first-order valence-corrected chi connectivity index (χ1v) is 4.84. The molecule has 0 amide bonds. The van der Waals surface area contributed by atoms with Crippen LogP contribution in [0, 0.1) is 10.1 Å². The lowest BCUT2D eigenvalue weighted by atomic mass is 10.0. The molecule has 1 atom stereocenters. The van der Waals surface area contributed by atoms with Gasteiger partial charge in [-0.15, -0.1) is 0 Å². The van der Waals surface area contributed by atoms with Crippen LogP contribution in [0.4, 0.5) is 18.9 Å². The molecule has 1 aromatic rings. The highest BCUT2D eigenvalue weighted by Crippen LogP contribution is 2.31. The van der Waals surface area contributed by atoms with Crippen molar-refractivity contribution in [1.29, 1.82) is 0 Å². The van der Waals surface area contributed by atoms with Gasteiger partial charge in [-0.1, -0.05) is 11.6 Å². The fraction of sp³-hybridized carbons (Fsp3) is 0.333. The van der Waals surface area contributed by atoms with Gasteiger partial charge in [-0.05, 0) is 11.6 Å². The second-order valence-electron chi connectivity index (χ2n) is 3.43. The lowest BCUT2D eigenvalue weighted by Gasteiger charge is -2.14. The summed E-state index contributed by atoms with van der Waals surface area (Å²) >= 11 is 5.57. The van der Waals surface area contributed by atoms with E-state index < -0.39 is 23.6 Å². The zero-order chi connectivity index (χ0) is 13.2. The summed E-state index contributed by atoms with van der Waals surface area (Å²) in [6.07, 6.45) is -5.69. The third-order valence-electron chi connectivity index (χ3n) is 2.00. The molecule has 2 N–H and O–H groups in total. The Morgan fingerprint density at radius 1 is 1.41 bits per heavy atom. The quantitative estimate of drug-likeness (QED) is 0.676. The summed E-state index contributed by atoms with van der Waals surface area (Å²) in [5.74, 6) is 0. The van der Waals surface area contributed by atoms with Gasteiger partial charge in [-0.2, -0.15) is 13.2 Å². The van der Waals surface area contributed by atoms with Crippen molar-refractivity contribution < 1.29 is 18.1 Å².